The molecule has 2 saturated heterocycles. The number of nitrogens with zero attached hydrogens (tertiary/aromatic N) is 2. The molecule has 2 aliphatic rings. The Hall–Kier alpha value is -3.04. The van der Waals surface area contributed by atoms with Crippen LogP contribution in [0.1, 0.15) is 56.6 Å². The van der Waals surface area contributed by atoms with Gasteiger partial charge in [0.15, 0.2) is 0 Å². The summed E-state index contributed by atoms with van der Waals surface area (Å²) < 4.78 is 27.5. The summed E-state index contributed by atoms with van der Waals surface area (Å²) in [7, 11) is -3.59. The van der Waals surface area contributed by atoms with E-state index in [0.717, 1.165) is 11.1 Å². The number of hydrogen-bond acceptors (Lipinski definition) is 5. The van der Waals surface area contributed by atoms with E-state index in [1.165, 1.54) is 9.21 Å². The van der Waals surface area contributed by atoms with Crippen LogP contribution >= 0.6 is 0 Å². The Labute approximate surface area is 206 Å². The van der Waals surface area contributed by atoms with Crippen LogP contribution in [0.25, 0.3) is 0 Å². The first-order chi connectivity index (χ1) is 16.6. The number of benzene rings is 2. The topological polar surface area (TPSA) is 104 Å². The quantitative estimate of drug-likeness (QED) is 0.590. The Kier molecular flexibility index (Phi) is 7.37. The molecule has 0 unspecified atom stereocenters. The van der Waals surface area contributed by atoms with Crippen molar-refractivity contribution in [3.05, 3.63) is 59.7 Å². The van der Waals surface area contributed by atoms with Gasteiger partial charge in [0.25, 0.3) is 0 Å². The van der Waals surface area contributed by atoms with Crippen molar-refractivity contribution in [2.24, 2.45) is 5.92 Å². The zero-order valence-corrected chi connectivity index (χ0v) is 20.9. The van der Waals surface area contributed by atoms with Crippen LogP contribution in [0, 0.1) is 5.92 Å². The Bertz CT molecular complexity index is 1180. The first-order valence-corrected chi connectivity index (χ1v) is 13.4. The highest BCUT2D eigenvalue weighted by molar-refractivity contribution is 7.89. The molecule has 0 aliphatic carbocycles. The lowest BCUT2D eigenvalue weighted by Gasteiger charge is -2.30. The second-order valence-corrected chi connectivity index (χ2v) is 11.4. The second-order valence-electron chi connectivity index (χ2n) is 9.46. The van der Waals surface area contributed by atoms with Crippen LogP contribution in [0.2, 0.25) is 0 Å². The molecule has 0 spiro atoms. The average Bonchev–Trinajstić information content (AvgIpc) is 3.17. The first-order valence-electron chi connectivity index (χ1n) is 12.0. The summed E-state index contributed by atoms with van der Waals surface area (Å²) in [6.07, 6.45) is 1.42. The monoisotopic (exact) mass is 497 g/mol. The van der Waals surface area contributed by atoms with Crippen LogP contribution in [0.5, 0.6) is 0 Å². The van der Waals surface area contributed by atoms with Crippen LogP contribution in [-0.4, -0.2) is 48.4 Å². The van der Waals surface area contributed by atoms with Gasteiger partial charge in [-0.25, -0.2) is 8.42 Å². The van der Waals surface area contributed by atoms with E-state index in [1.54, 1.807) is 36.4 Å². The Morgan fingerprint density at radius 2 is 1.51 bits per heavy atom. The van der Waals surface area contributed by atoms with Crippen LogP contribution in [-0.2, 0) is 31.0 Å². The molecule has 9 heteroatoms. The molecular formula is C26H31N3O5S. The van der Waals surface area contributed by atoms with E-state index in [0.29, 0.717) is 37.5 Å². The Balaban J connectivity index is 1.30. The van der Waals surface area contributed by atoms with Crippen molar-refractivity contribution in [3.63, 3.8) is 0 Å². The number of carbonyl (C=O) groups excluding carboxylic acids is 3. The molecule has 3 amide bonds. The number of piperidine rings is 1. The third-order valence-electron chi connectivity index (χ3n) is 6.73. The molecule has 0 radical (unpaired) electrons. The Morgan fingerprint density at radius 3 is 2.06 bits per heavy atom. The number of anilines is 1. The highest BCUT2D eigenvalue weighted by Gasteiger charge is 2.32. The summed E-state index contributed by atoms with van der Waals surface area (Å²) in [4.78, 5) is 37.9. The highest BCUT2D eigenvalue weighted by Crippen LogP contribution is 2.26. The van der Waals surface area contributed by atoms with Crippen LogP contribution in [0.15, 0.2) is 53.4 Å². The summed E-state index contributed by atoms with van der Waals surface area (Å²) in [5, 5.41) is 2.90. The van der Waals surface area contributed by atoms with Gasteiger partial charge in [0.2, 0.25) is 27.7 Å². The second kappa shape index (κ2) is 10.3. The standard InChI is InChI=1S/C26H31N3O5S/c1-18(2)20-5-9-23(10-6-20)35(33,34)28-15-13-21(14-16-28)26(32)27-22-7-3-19(4-8-22)17-29-24(30)11-12-25(29)31/h3-10,18,21H,11-17H2,1-2H3,(H,27,32). The largest absolute Gasteiger partial charge is 0.326 e. The molecular weight excluding hydrogens is 466 g/mol. The molecule has 2 aliphatic heterocycles. The molecule has 0 bridgehead atoms. The lowest BCUT2D eigenvalue weighted by Crippen LogP contribution is -2.41. The van der Waals surface area contributed by atoms with Crippen LogP contribution in [0.4, 0.5) is 5.69 Å². The van der Waals surface area contributed by atoms with Gasteiger partial charge in [0.1, 0.15) is 0 Å². The number of hydrogen-bond donors (Lipinski definition) is 1. The number of rotatable bonds is 7. The van der Waals surface area contributed by atoms with Gasteiger partial charge in [-0.2, -0.15) is 4.31 Å². The molecule has 0 atom stereocenters. The molecule has 1 N–H and O–H groups in total. The first kappa shape index (κ1) is 25.1. The van der Waals surface area contributed by atoms with Crippen LogP contribution < -0.4 is 5.32 Å². The predicted octanol–water partition coefficient (Wildman–Crippen LogP) is 3.50. The van der Waals surface area contributed by atoms with Gasteiger partial charge in [-0.1, -0.05) is 38.1 Å². The van der Waals surface area contributed by atoms with Crippen LogP contribution in [0.3, 0.4) is 0 Å². The van der Waals surface area contributed by atoms with E-state index >= 15 is 0 Å². The van der Waals surface area contributed by atoms with Crippen molar-refractivity contribution in [1.29, 1.82) is 0 Å². The molecule has 2 fully saturated rings. The number of amides is 3. The van der Waals surface area contributed by atoms with Crippen molar-refractivity contribution in [2.75, 3.05) is 18.4 Å². The molecule has 35 heavy (non-hydrogen) atoms. The van der Waals surface area contributed by atoms with Gasteiger partial charge in [0.05, 0.1) is 11.4 Å². The average molecular weight is 498 g/mol. The maximum atomic E-state index is 13.0. The zero-order chi connectivity index (χ0) is 25.2. The lowest BCUT2D eigenvalue weighted by molar-refractivity contribution is -0.139. The predicted molar refractivity (Wildman–Crippen MR) is 132 cm³/mol. The fraction of sp³-hybridized carbons (Fsp3) is 0.423. The van der Waals surface area contributed by atoms with E-state index in [2.05, 4.69) is 19.2 Å². The fourth-order valence-corrected chi connectivity index (χ4v) is 5.92. The molecule has 186 valence electrons. The molecule has 0 aromatic heterocycles. The lowest BCUT2D eigenvalue weighted by atomic mass is 9.97. The summed E-state index contributed by atoms with van der Waals surface area (Å²) in [6, 6.07) is 14.1. The van der Waals surface area contributed by atoms with E-state index in [4.69, 9.17) is 0 Å². The Morgan fingerprint density at radius 1 is 0.943 bits per heavy atom. The van der Waals surface area contributed by atoms with E-state index in [1.807, 2.05) is 12.1 Å². The third kappa shape index (κ3) is 5.62. The molecule has 4 rings (SSSR count). The van der Waals surface area contributed by atoms with Gasteiger partial charge in [-0.15, -0.1) is 0 Å². The van der Waals surface area contributed by atoms with Crippen molar-refractivity contribution in [3.8, 4) is 0 Å². The van der Waals surface area contributed by atoms with Crippen molar-refractivity contribution in [2.45, 2.75) is 56.9 Å². The molecule has 2 aromatic carbocycles. The number of carbonyl (C=O) groups is 3. The zero-order valence-electron chi connectivity index (χ0n) is 20.1. The summed E-state index contributed by atoms with van der Waals surface area (Å²) in [6.45, 7) is 4.95. The van der Waals surface area contributed by atoms with E-state index < -0.39 is 10.0 Å². The molecule has 2 aromatic rings. The van der Waals surface area contributed by atoms with Gasteiger partial charge < -0.3 is 5.32 Å². The normalized spacial score (nSPS) is 17.9. The molecule has 2 heterocycles. The summed E-state index contributed by atoms with van der Waals surface area (Å²) >= 11 is 0. The minimum Gasteiger partial charge on any atom is -0.326 e. The summed E-state index contributed by atoms with van der Waals surface area (Å²) in [5.74, 6) is -0.400. The maximum absolute atomic E-state index is 13.0. The van der Waals surface area contributed by atoms with Crippen molar-refractivity contribution < 1.29 is 22.8 Å². The maximum Gasteiger partial charge on any atom is 0.243 e. The van der Waals surface area contributed by atoms with Gasteiger partial charge in [-0.05, 0) is 54.2 Å². The molecule has 0 saturated carbocycles. The van der Waals surface area contributed by atoms with E-state index in [-0.39, 0.29) is 47.9 Å². The number of nitrogens with one attached hydrogen (secondary N) is 1. The third-order valence-corrected chi connectivity index (χ3v) is 8.64. The van der Waals surface area contributed by atoms with Crippen molar-refractivity contribution >= 4 is 33.4 Å². The minimum absolute atomic E-state index is 0.138. The van der Waals surface area contributed by atoms with E-state index in [9.17, 15) is 22.8 Å². The molecule has 8 nitrogen and oxygen atoms in total. The number of sulfonamides is 1. The summed E-state index contributed by atoms with van der Waals surface area (Å²) in [5.41, 5.74) is 2.52. The number of likely N-dealkylation sites (tertiary alicyclic amines) is 1. The van der Waals surface area contributed by atoms with Gasteiger partial charge in [-0.3, -0.25) is 19.3 Å². The van der Waals surface area contributed by atoms with Gasteiger partial charge in [0, 0.05) is 37.5 Å². The number of imide groups is 1. The van der Waals surface area contributed by atoms with Gasteiger partial charge >= 0.3 is 0 Å². The smallest absolute Gasteiger partial charge is 0.243 e. The fourth-order valence-electron chi connectivity index (χ4n) is 4.45. The van der Waals surface area contributed by atoms with Crippen molar-refractivity contribution in [1.82, 2.24) is 9.21 Å². The highest BCUT2D eigenvalue weighted by atomic mass is 32.2. The minimum atomic E-state index is -3.59. The SMILES string of the molecule is CC(C)c1ccc(S(=O)(=O)N2CCC(C(=O)Nc3ccc(CN4C(=O)CCC4=O)cc3)CC2)cc1.